The first-order chi connectivity index (χ1) is 12.3. The summed E-state index contributed by atoms with van der Waals surface area (Å²) in [6.07, 6.45) is -0.157. The van der Waals surface area contributed by atoms with Gasteiger partial charge in [-0.1, -0.05) is 40.9 Å². The van der Waals surface area contributed by atoms with E-state index in [0.717, 1.165) is 5.56 Å². The van der Waals surface area contributed by atoms with Crippen molar-refractivity contribution in [1.29, 1.82) is 0 Å². The third-order valence-electron chi connectivity index (χ3n) is 3.38. The molecule has 0 bridgehead atoms. The van der Waals surface area contributed by atoms with Crippen LogP contribution in [0.5, 0.6) is 0 Å². The van der Waals surface area contributed by atoms with Gasteiger partial charge >= 0.3 is 0 Å². The number of hydrazine groups is 1. The number of benzene rings is 2. The first kappa shape index (κ1) is 19.8. The van der Waals surface area contributed by atoms with Crippen molar-refractivity contribution >= 4 is 46.6 Å². The number of hydrogen-bond acceptors (Lipinski definition) is 3. The van der Waals surface area contributed by atoms with Gasteiger partial charge in [-0.2, -0.15) is 0 Å². The van der Waals surface area contributed by atoms with Gasteiger partial charge in [-0.25, -0.2) is 0 Å². The Morgan fingerprint density at radius 2 is 1.65 bits per heavy atom. The van der Waals surface area contributed by atoms with Crippen LogP contribution < -0.4 is 16.2 Å². The van der Waals surface area contributed by atoms with E-state index >= 15 is 0 Å². The molecule has 6 nitrogen and oxygen atoms in total. The lowest BCUT2D eigenvalue weighted by Crippen LogP contribution is -2.41. The quantitative estimate of drug-likeness (QED) is 0.679. The maximum Gasteiger partial charge on any atom is 0.269 e. The van der Waals surface area contributed by atoms with Crippen LogP contribution in [-0.2, 0) is 9.59 Å². The molecule has 0 aliphatic rings. The SMILES string of the molecule is Cc1cccc(C(=O)NNC(=O)CCC(=O)Nc2ccc(Cl)cc2Cl)c1. The molecular formula is C18H17Cl2N3O3. The lowest BCUT2D eigenvalue weighted by molar-refractivity contribution is -0.124. The summed E-state index contributed by atoms with van der Waals surface area (Å²) in [5.74, 6) is -1.29. The van der Waals surface area contributed by atoms with Crippen molar-refractivity contribution in [3.8, 4) is 0 Å². The predicted octanol–water partition coefficient (Wildman–Crippen LogP) is 3.48. The van der Waals surface area contributed by atoms with Gasteiger partial charge in [0.05, 0.1) is 10.7 Å². The first-order valence-corrected chi connectivity index (χ1v) is 8.51. The van der Waals surface area contributed by atoms with Gasteiger partial charge in [0, 0.05) is 23.4 Å². The van der Waals surface area contributed by atoms with Crippen molar-refractivity contribution in [2.75, 3.05) is 5.32 Å². The van der Waals surface area contributed by atoms with Crippen molar-refractivity contribution < 1.29 is 14.4 Å². The highest BCUT2D eigenvalue weighted by molar-refractivity contribution is 6.36. The minimum Gasteiger partial charge on any atom is -0.325 e. The van der Waals surface area contributed by atoms with E-state index in [9.17, 15) is 14.4 Å². The minimum atomic E-state index is -0.483. The Morgan fingerprint density at radius 1 is 0.923 bits per heavy atom. The number of amides is 3. The largest absolute Gasteiger partial charge is 0.325 e. The third-order valence-corrected chi connectivity index (χ3v) is 3.93. The molecule has 0 atom stereocenters. The second kappa shape index (κ2) is 9.22. The summed E-state index contributed by atoms with van der Waals surface area (Å²) in [5, 5.41) is 3.35. The Morgan fingerprint density at radius 3 is 2.35 bits per heavy atom. The smallest absolute Gasteiger partial charge is 0.269 e. The maximum atomic E-state index is 11.9. The number of halogens is 2. The van der Waals surface area contributed by atoms with Crippen LogP contribution in [0.25, 0.3) is 0 Å². The zero-order valence-electron chi connectivity index (χ0n) is 13.9. The van der Waals surface area contributed by atoms with Crippen LogP contribution in [-0.4, -0.2) is 17.7 Å². The zero-order valence-corrected chi connectivity index (χ0v) is 15.4. The van der Waals surface area contributed by atoms with E-state index < -0.39 is 11.8 Å². The highest BCUT2D eigenvalue weighted by atomic mass is 35.5. The number of nitrogens with one attached hydrogen (secondary N) is 3. The van der Waals surface area contributed by atoms with Crippen molar-refractivity contribution in [3.63, 3.8) is 0 Å². The monoisotopic (exact) mass is 393 g/mol. The summed E-state index contributed by atoms with van der Waals surface area (Å²) in [6, 6.07) is 11.6. The molecule has 136 valence electrons. The summed E-state index contributed by atoms with van der Waals surface area (Å²) >= 11 is 11.7. The Bertz CT molecular complexity index is 840. The fourth-order valence-corrected chi connectivity index (χ4v) is 2.53. The van der Waals surface area contributed by atoms with E-state index in [1.807, 2.05) is 13.0 Å². The molecule has 0 unspecified atom stereocenters. The van der Waals surface area contributed by atoms with Crippen molar-refractivity contribution in [2.24, 2.45) is 0 Å². The molecule has 2 aromatic carbocycles. The lowest BCUT2D eigenvalue weighted by Gasteiger charge is -2.09. The molecule has 0 saturated heterocycles. The Labute approximate surface area is 160 Å². The summed E-state index contributed by atoms with van der Waals surface area (Å²) in [5.41, 5.74) is 6.36. The molecule has 26 heavy (non-hydrogen) atoms. The summed E-state index contributed by atoms with van der Waals surface area (Å²) < 4.78 is 0. The molecule has 0 aliphatic carbocycles. The van der Waals surface area contributed by atoms with Crippen LogP contribution in [0.2, 0.25) is 10.0 Å². The van der Waals surface area contributed by atoms with Gasteiger partial charge in [-0.15, -0.1) is 0 Å². The fourth-order valence-electron chi connectivity index (χ4n) is 2.08. The number of hydrogen-bond donors (Lipinski definition) is 3. The van der Waals surface area contributed by atoms with E-state index in [0.29, 0.717) is 21.3 Å². The third kappa shape index (κ3) is 6.06. The van der Waals surface area contributed by atoms with Gasteiger partial charge in [0.25, 0.3) is 5.91 Å². The van der Waals surface area contributed by atoms with E-state index in [1.165, 1.54) is 6.07 Å². The average Bonchev–Trinajstić information content (AvgIpc) is 2.60. The molecule has 3 N–H and O–H groups in total. The van der Waals surface area contributed by atoms with Crippen LogP contribution >= 0.6 is 23.2 Å². The molecule has 3 amide bonds. The number of carbonyl (C=O) groups excluding carboxylic acids is 3. The topological polar surface area (TPSA) is 87.3 Å². The van der Waals surface area contributed by atoms with Gasteiger partial charge in [0.15, 0.2) is 0 Å². The van der Waals surface area contributed by atoms with Crippen molar-refractivity contribution in [3.05, 3.63) is 63.6 Å². The molecule has 0 fully saturated rings. The van der Waals surface area contributed by atoms with Gasteiger partial charge in [-0.05, 0) is 37.3 Å². The summed E-state index contributed by atoms with van der Waals surface area (Å²) in [7, 11) is 0. The van der Waals surface area contributed by atoms with Crippen LogP contribution in [0.4, 0.5) is 5.69 Å². The number of anilines is 1. The van der Waals surface area contributed by atoms with Crippen molar-refractivity contribution in [1.82, 2.24) is 10.9 Å². The minimum absolute atomic E-state index is 0.0644. The van der Waals surface area contributed by atoms with E-state index in [2.05, 4.69) is 16.2 Å². The summed E-state index contributed by atoms with van der Waals surface area (Å²) in [6.45, 7) is 1.86. The number of aryl methyl sites for hydroxylation is 1. The molecule has 0 spiro atoms. The maximum absolute atomic E-state index is 11.9. The van der Waals surface area contributed by atoms with Crippen molar-refractivity contribution in [2.45, 2.75) is 19.8 Å². The highest BCUT2D eigenvalue weighted by Crippen LogP contribution is 2.25. The van der Waals surface area contributed by atoms with Gasteiger partial charge in [0.2, 0.25) is 11.8 Å². The Hall–Kier alpha value is -2.57. The standard InChI is InChI=1S/C18H17Cl2N3O3/c1-11-3-2-4-12(9-11)18(26)23-22-17(25)8-7-16(24)21-15-6-5-13(19)10-14(15)20/h2-6,9-10H,7-8H2,1H3,(H,21,24)(H,22,25)(H,23,26). The molecule has 0 radical (unpaired) electrons. The number of carbonyl (C=O) groups is 3. The lowest BCUT2D eigenvalue weighted by atomic mass is 10.1. The average molecular weight is 394 g/mol. The van der Waals surface area contributed by atoms with E-state index in [4.69, 9.17) is 23.2 Å². The molecule has 0 saturated carbocycles. The van der Waals surface area contributed by atoms with Gasteiger partial charge < -0.3 is 5.32 Å². The Kier molecular flexibility index (Phi) is 7.00. The Balaban J connectivity index is 1.76. The van der Waals surface area contributed by atoms with Crippen LogP contribution in [0.15, 0.2) is 42.5 Å². The van der Waals surface area contributed by atoms with E-state index in [1.54, 1.807) is 30.3 Å². The number of rotatable bonds is 5. The predicted molar refractivity (Wildman–Crippen MR) is 101 cm³/mol. The second-order valence-corrected chi connectivity index (χ2v) is 6.39. The normalized spacial score (nSPS) is 10.1. The summed E-state index contributed by atoms with van der Waals surface area (Å²) in [4.78, 5) is 35.6. The molecular weight excluding hydrogens is 377 g/mol. The van der Waals surface area contributed by atoms with Gasteiger partial charge in [-0.3, -0.25) is 25.2 Å². The molecule has 0 aromatic heterocycles. The molecule has 2 rings (SSSR count). The first-order valence-electron chi connectivity index (χ1n) is 7.76. The zero-order chi connectivity index (χ0) is 19.1. The molecule has 0 aliphatic heterocycles. The van der Waals surface area contributed by atoms with Crippen LogP contribution in [0.1, 0.15) is 28.8 Å². The highest BCUT2D eigenvalue weighted by Gasteiger charge is 2.11. The molecule has 0 heterocycles. The second-order valence-electron chi connectivity index (χ2n) is 5.54. The van der Waals surface area contributed by atoms with Crippen LogP contribution in [0, 0.1) is 6.92 Å². The molecule has 2 aromatic rings. The van der Waals surface area contributed by atoms with Crippen LogP contribution in [0.3, 0.4) is 0 Å². The fraction of sp³-hybridized carbons (Fsp3) is 0.167. The van der Waals surface area contributed by atoms with E-state index in [-0.39, 0.29) is 18.7 Å². The van der Waals surface area contributed by atoms with Gasteiger partial charge in [0.1, 0.15) is 0 Å². The molecule has 8 heteroatoms.